The van der Waals surface area contributed by atoms with E-state index >= 15 is 0 Å². The van der Waals surface area contributed by atoms with Gasteiger partial charge < -0.3 is 4.74 Å². The number of carbonyl (C=O) groups excluding carboxylic acids is 1. The zero-order valence-electron chi connectivity index (χ0n) is 15.0. The molecule has 1 aliphatic rings. The quantitative estimate of drug-likeness (QED) is 0.676. The standard InChI is InChI=1S/C22H22N2O2/c1-16-13-14-23-24(16)15-20-17(2)22(21(25)26-20,18-9-5-3-6-10-18)19-11-7-4-8-12-19/h3-14,17,20H,15H2,1-2H3. The van der Waals surface area contributed by atoms with Gasteiger partial charge in [0.2, 0.25) is 0 Å². The van der Waals surface area contributed by atoms with Crippen molar-refractivity contribution >= 4 is 5.97 Å². The van der Waals surface area contributed by atoms with Crippen LogP contribution in [0.2, 0.25) is 0 Å². The van der Waals surface area contributed by atoms with Crippen molar-refractivity contribution in [3.05, 3.63) is 89.7 Å². The van der Waals surface area contributed by atoms with Crippen molar-refractivity contribution in [2.75, 3.05) is 0 Å². The van der Waals surface area contributed by atoms with E-state index in [1.165, 1.54) is 0 Å². The van der Waals surface area contributed by atoms with E-state index in [9.17, 15) is 4.79 Å². The number of rotatable bonds is 4. The van der Waals surface area contributed by atoms with E-state index in [4.69, 9.17) is 4.74 Å². The number of hydrogen-bond acceptors (Lipinski definition) is 3. The smallest absolute Gasteiger partial charge is 0.321 e. The van der Waals surface area contributed by atoms with Crippen LogP contribution in [0.1, 0.15) is 23.7 Å². The molecular formula is C22H22N2O2. The van der Waals surface area contributed by atoms with Crippen LogP contribution >= 0.6 is 0 Å². The van der Waals surface area contributed by atoms with Crippen molar-refractivity contribution in [1.29, 1.82) is 0 Å². The molecule has 2 aromatic carbocycles. The van der Waals surface area contributed by atoms with Crippen LogP contribution < -0.4 is 0 Å². The Morgan fingerprint density at radius 3 is 2.08 bits per heavy atom. The van der Waals surface area contributed by atoms with Crippen LogP contribution in [0.4, 0.5) is 0 Å². The van der Waals surface area contributed by atoms with Gasteiger partial charge in [0.1, 0.15) is 11.5 Å². The highest BCUT2D eigenvalue weighted by atomic mass is 16.6. The number of aromatic nitrogens is 2. The first-order chi connectivity index (χ1) is 12.6. The number of carbonyl (C=O) groups is 1. The van der Waals surface area contributed by atoms with Crippen LogP contribution in [-0.4, -0.2) is 21.9 Å². The first-order valence-corrected chi connectivity index (χ1v) is 8.94. The van der Waals surface area contributed by atoms with Gasteiger partial charge in [-0.05, 0) is 24.1 Å². The van der Waals surface area contributed by atoms with Crippen LogP contribution in [0.25, 0.3) is 0 Å². The molecule has 1 aliphatic heterocycles. The predicted molar refractivity (Wildman–Crippen MR) is 99.7 cm³/mol. The largest absolute Gasteiger partial charge is 0.459 e. The first-order valence-electron chi connectivity index (χ1n) is 8.94. The summed E-state index contributed by atoms with van der Waals surface area (Å²) in [4.78, 5) is 13.3. The normalized spacial score (nSPS) is 21.5. The third-order valence-electron chi connectivity index (χ3n) is 5.56. The molecule has 1 aromatic heterocycles. The second-order valence-corrected chi connectivity index (χ2v) is 6.93. The van der Waals surface area contributed by atoms with Gasteiger partial charge in [0.15, 0.2) is 0 Å². The monoisotopic (exact) mass is 346 g/mol. The molecule has 4 rings (SSSR count). The summed E-state index contributed by atoms with van der Waals surface area (Å²) >= 11 is 0. The Hall–Kier alpha value is -2.88. The summed E-state index contributed by atoms with van der Waals surface area (Å²) in [5, 5.41) is 4.36. The van der Waals surface area contributed by atoms with Crippen LogP contribution in [0.5, 0.6) is 0 Å². The second kappa shape index (κ2) is 6.45. The Kier molecular flexibility index (Phi) is 4.11. The van der Waals surface area contributed by atoms with E-state index < -0.39 is 5.41 Å². The SMILES string of the molecule is Cc1ccnn1CC1OC(=O)C(c2ccccc2)(c2ccccc2)C1C. The van der Waals surface area contributed by atoms with Gasteiger partial charge in [-0.2, -0.15) is 5.10 Å². The Labute approximate surface area is 153 Å². The number of cyclic esters (lactones) is 1. The molecule has 0 saturated carbocycles. The molecule has 4 heteroatoms. The summed E-state index contributed by atoms with van der Waals surface area (Å²) in [7, 11) is 0. The fourth-order valence-corrected chi connectivity index (χ4v) is 4.08. The highest BCUT2D eigenvalue weighted by Crippen LogP contribution is 2.47. The number of esters is 1. The maximum absolute atomic E-state index is 13.3. The molecule has 0 N–H and O–H groups in total. The van der Waals surface area contributed by atoms with Gasteiger partial charge >= 0.3 is 5.97 Å². The zero-order chi connectivity index (χ0) is 18.1. The Balaban J connectivity index is 1.81. The molecule has 1 fully saturated rings. The van der Waals surface area contributed by atoms with Crippen LogP contribution in [0.15, 0.2) is 72.9 Å². The van der Waals surface area contributed by atoms with Crippen LogP contribution in [0.3, 0.4) is 0 Å². The third kappa shape index (κ3) is 2.45. The second-order valence-electron chi connectivity index (χ2n) is 6.93. The highest BCUT2D eigenvalue weighted by Gasteiger charge is 2.57. The van der Waals surface area contributed by atoms with E-state index in [2.05, 4.69) is 12.0 Å². The number of nitrogens with zero attached hydrogens (tertiary/aromatic N) is 2. The van der Waals surface area contributed by atoms with Crippen molar-refractivity contribution in [2.24, 2.45) is 5.92 Å². The predicted octanol–water partition coefficient (Wildman–Crippen LogP) is 3.74. The zero-order valence-corrected chi connectivity index (χ0v) is 15.0. The molecule has 4 nitrogen and oxygen atoms in total. The Morgan fingerprint density at radius 1 is 1.00 bits per heavy atom. The minimum atomic E-state index is -0.797. The van der Waals surface area contributed by atoms with Gasteiger partial charge in [0.05, 0.1) is 6.54 Å². The van der Waals surface area contributed by atoms with Crippen molar-refractivity contribution < 1.29 is 9.53 Å². The summed E-state index contributed by atoms with van der Waals surface area (Å²) in [6, 6.07) is 21.9. The summed E-state index contributed by atoms with van der Waals surface area (Å²) < 4.78 is 7.83. The van der Waals surface area contributed by atoms with E-state index in [-0.39, 0.29) is 18.0 Å². The van der Waals surface area contributed by atoms with Gasteiger partial charge in [-0.15, -0.1) is 0 Å². The van der Waals surface area contributed by atoms with E-state index in [0.717, 1.165) is 16.8 Å². The van der Waals surface area contributed by atoms with Crippen molar-refractivity contribution in [3.8, 4) is 0 Å². The van der Waals surface area contributed by atoms with Gasteiger partial charge in [-0.3, -0.25) is 9.48 Å². The fourth-order valence-electron chi connectivity index (χ4n) is 4.08. The number of benzene rings is 2. The average Bonchev–Trinajstić information content (AvgIpc) is 3.18. The lowest BCUT2D eigenvalue weighted by molar-refractivity contribution is -0.145. The third-order valence-corrected chi connectivity index (χ3v) is 5.56. The molecule has 0 bridgehead atoms. The van der Waals surface area contributed by atoms with E-state index in [1.54, 1.807) is 6.20 Å². The minimum Gasteiger partial charge on any atom is -0.459 e. The Bertz CT molecular complexity index is 863. The van der Waals surface area contributed by atoms with E-state index in [0.29, 0.717) is 6.54 Å². The lowest BCUT2D eigenvalue weighted by Gasteiger charge is -2.31. The van der Waals surface area contributed by atoms with Crippen molar-refractivity contribution in [3.63, 3.8) is 0 Å². The molecule has 2 heterocycles. The van der Waals surface area contributed by atoms with Crippen molar-refractivity contribution in [1.82, 2.24) is 9.78 Å². The van der Waals surface area contributed by atoms with Gasteiger partial charge in [-0.25, -0.2) is 0 Å². The lowest BCUT2D eigenvalue weighted by atomic mass is 9.66. The summed E-state index contributed by atoms with van der Waals surface area (Å²) in [5.74, 6) is -0.208. The molecule has 26 heavy (non-hydrogen) atoms. The van der Waals surface area contributed by atoms with Crippen molar-refractivity contribution in [2.45, 2.75) is 31.9 Å². The molecule has 0 aliphatic carbocycles. The topological polar surface area (TPSA) is 44.1 Å². The molecule has 1 saturated heterocycles. The maximum Gasteiger partial charge on any atom is 0.321 e. The Morgan fingerprint density at radius 2 is 1.58 bits per heavy atom. The maximum atomic E-state index is 13.3. The molecular weight excluding hydrogens is 324 g/mol. The van der Waals surface area contributed by atoms with Crippen LogP contribution in [-0.2, 0) is 21.5 Å². The molecule has 0 spiro atoms. The molecule has 0 radical (unpaired) electrons. The van der Waals surface area contributed by atoms with Crippen LogP contribution in [0, 0.1) is 12.8 Å². The number of aryl methyl sites for hydroxylation is 1. The molecule has 3 aromatic rings. The van der Waals surface area contributed by atoms with E-state index in [1.807, 2.05) is 78.3 Å². The summed E-state index contributed by atoms with van der Waals surface area (Å²) in [6.45, 7) is 4.68. The first kappa shape index (κ1) is 16.6. The average molecular weight is 346 g/mol. The number of ether oxygens (including phenoxy) is 1. The lowest BCUT2D eigenvalue weighted by Crippen LogP contribution is -2.39. The van der Waals surface area contributed by atoms with Gasteiger partial charge in [0, 0.05) is 17.8 Å². The fraction of sp³-hybridized carbons (Fsp3) is 0.273. The molecule has 2 atom stereocenters. The van der Waals surface area contributed by atoms with Gasteiger partial charge in [0.25, 0.3) is 0 Å². The summed E-state index contributed by atoms with van der Waals surface area (Å²) in [6.07, 6.45) is 1.54. The molecule has 132 valence electrons. The minimum absolute atomic E-state index is 0.0246. The highest BCUT2D eigenvalue weighted by molar-refractivity contribution is 5.90. The summed E-state index contributed by atoms with van der Waals surface area (Å²) in [5.41, 5.74) is 2.21. The molecule has 2 unspecified atom stereocenters. The molecule has 0 amide bonds. The van der Waals surface area contributed by atoms with Gasteiger partial charge in [-0.1, -0.05) is 67.6 Å². The number of hydrogen-bond donors (Lipinski definition) is 0.